The average Bonchev–Trinajstić information content (AvgIpc) is 3.34. The Kier molecular flexibility index (Phi) is 6.05. The first-order valence-corrected chi connectivity index (χ1v) is 10.2. The third kappa shape index (κ3) is 4.31. The molecule has 0 radical (unpaired) electrons. The first-order chi connectivity index (χ1) is 12.6. The van der Waals surface area contributed by atoms with Gasteiger partial charge in [-0.15, -0.1) is 22.7 Å². The van der Waals surface area contributed by atoms with E-state index < -0.39 is 5.97 Å². The summed E-state index contributed by atoms with van der Waals surface area (Å²) in [5, 5.41) is 1.93. The number of rotatable bonds is 5. The fraction of sp³-hybridized carbons (Fsp3) is 0.389. The van der Waals surface area contributed by atoms with Crippen LogP contribution in [0.3, 0.4) is 0 Å². The predicted molar refractivity (Wildman–Crippen MR) is 103 cm³/mol. The molecule has 8 heteroatoms. The minimum Gasteiger partial charge on any atom is -0.463 e. The molecule has 0 spiro atoms. The monoisotopic (exact) mass is 392 g/mol. The Bertz CT molecular complexity index is 950. The van der Waals surface area contributed by atoms with E-state index in [2.05, 4.69) is 0 Å². The van der Waals surface area contributed by atoms with Crippen molar-refractivity contribution >= 4 is 46.7 Å². The van der Waals surface area contributed by atoms with Crippen molar-refractivity contribution in [2.24, 2.45) is 0 Å². The van der Waals surface area contributed by atoms with Crippen molar-refractivity contribution in [3.05, 3.63) is 41.9 Å². The number of nitrogens with zero attached hydrogens (tertiary/aromatic N) is 2. The van der Waals surface area contributed by atoms with Gasteiger partial charge in [-0.1, -0.05) is 6.07 Å². The lowest BCUT2D eigenvalue weighted by Gasteiger charge is -2.15. The molecule has 1 fully saturated rings. The zero-order valence-electron chi connectivity index (χ0n) is 14.5. The van der Waals surface area contributed by atoms with E-state index in [0.29, 0.717) is 9.20 Å². The maximum absolute atomic E-state index is 12.8. The van der Waals surface area contributed by atoms with Crippen LogP contribution in [0.4, 0.5) is 0 Å². The molecule has 0 unspecified atom stereocenters. The molecule has 3 rings (SSSR count). The molecule has 0 N–H and O–H groups in total. The molecule has 138 valence electrons. The van der Waals surface area contributed by atoms with Crippen molar-refractivity contribution in [3.8, 4) is 0 Å². The number of carbonyl (C=O) groups is 2. The fourth-order valence-corrected chi connectivity index (χ4v) is 4.54. The fourth-order valence-electron chi connectivity index (χ4n) is 2.78. The zero-order valence-corrected chi connectivity index (χ0v) is 16.1. The number of ether oxygens (including phenoxy) is 1. The second-order valence-corrected chi connectivity index (χ2v) is 7.88. The van der Waals surface area contributed by atoms with Crippen LogP contribution in [0, 0.1) is 0 Å². The highest BCUT2D eigenvalue weighted by molar-refractivity contribution is 7.11. The molecule has 1 saturated heterocycles. The number of hydrogen-bond donors (Lipinski definition) is 0. The highest BCUT2D eigenvalue weighted by atomic mass is 32.1. The van der Waals surface area contributed by atoms with Crippen LogP contribution in [-0.4, -0.2) is 41.0 Å². The molecule has 0 bridgehead atoms. The van der Waals surface area contributed by atoms with Crippen molar-refractivity contribution in [2.75, 3.05) is 19.7 Å². The number of thiazole rings is 1. The molecule has 1 aliphatic rings. The Balaban J connectivity index is 2.02. The molecule has 3 heterocycles. The average molecular weight is 393 g/mol. The summed E-state index contributed by atoms with van der Waals surface area (Å²) in [4.78, 5) is 39.9. The van der Waals surface area contributed by atoms with Gasteiger partial charge in [-0.2, -0.15) is 0 Å². The van der Waals surface area contributed by atoms with Gasteiger partial charge >= 0.3 is 5.97 Å². The lowest BCUT2D eigenvalue weighted by atomic mass is 10.4. The van der Waals surface area contributed by atoms with Crippen LogP contribution in [-0.2, 0) is 20.9 Å². The van der Waals surface area contributed by atoms with Gasteiger partial charge in [0.25, 0.3) is 5.56 Å². The summed E-state index contributed by atoms with van der Waals surface area (Å²) < 4.78 is 7.26. The maximum Gasteiger partial charge on any atom is 0.333 e. The van der Waals surface area contributed by atoms with Gasteiger partial charge < -0.3 is 9.64 Å². The van der Waals surface area contributed by atoms with Gasteiger partial charge in [0.2, 0.25) is 5.91 Å². The highest BCUT2D eigenvalue weighted by Gasteiger charge is 2.19. The van der Waals surface area contributed by atoms with E-state index in [9.17, 15) is 14.4 Å². The zero-order chi connectivity index (χ0) is 18.5. The lowest BCUT2D eigenvalue weighted by molar-refractivity contribution is -0.135. The number of carbonyl (C=O) groups excluding carboxylic acids is 2. The largest absolute Gasteiger partial charge is 0.463 e. The summed E-state index contributed by atoms with van der Waals surface area (Å²) >= 11 is 2.72. The van der Waals surface area contributed by atoms with E-state index in [0.717, 1.165) is 30.8 Å². The summed E-state index contributed by atoms with van der Waals surface area (Å²) in [5.41, 5.74) is -0.258. The van der Waals surface area contributed by atoms with Gasteiger partial charge in [-0.3, -0.25) is 14.2 Å². The Labute approximate surface area is 158 Å². The van der Waals surface area contributed by atoms with E-state index in [1.165, 1.54) is 33.3 Å². The van der Waals surface area contributed by atoms with Crippen LogP contribution in [0.5, 0.6) is 0 Å². The molecule has 0 atom stereocenters. The second-order valence-electron chi connectivity index (χ2n) is 5.84. The highest BCUT2D eigenvalue weighted by Crippen LogP contribution is 2.09. The number of aromatic nitrogens is 1. The molecule has 6 nitrogen and oxygen atoms in total. The third-order valence-corrected chi connectivity index (χ3v) is 5.91. The molecule has 0 aromatic carbocycles. The van der Waals surface area contributed by atoms with Crippen molar-refractivity contribution in [1.29, 1.82) is 0 Å². The molecule has 1 amide bonds. The SMILES string of the molecule is CCOC(=O)C=c1sc(=Cc2cccs2)c(=O)n1CC(=O)N1CCCC1. The van der Waals surface area contributed by atoms with E-state index >= 15 is 0 Å². The van der Waals surface area contributed by atoms with Crippen LogP contribution in [0.25, 0.3) is 12.2 Å². The normalized spacial score (nSPS) is 15.7. The van der Waals surface area contributed by atoms with E-state index in [4.69, 9.17) is 4.74 Å². The molecule has 2 aromatic rings. The summed E-state index contributed by atoms with van der Waals surface area (Å²) in [6.07, 6.45) is 5.06. The molecule has 26 heavy (non-hydrogen) atoms. The first-order valence-electron chi connectivity index (χ1n) is 8.49. The number of thiophene rings is 1. The second kappa shape index (κ2) is 8.46. The van der Waals surface area contributed by atoms with Gasteiger partial charge in [0.05, 0.1) is 17.2 Å². The van der Waals surface area contributed by atoms with Gasteiger partial charge in [0, 0.05) is 18.0 Å². The van der Waals surface area contributed by atoms with E-state index in [1.807, 2.05) is 17.5 Å². The first kappa shape index (κ1) is 18.6. The van der Waals surface area contributed by atoms with Crippen LogP contribution in [0.15, 0.2) is 22.3 Å². The Hall–Kier alpha value is -2.19. The number of amides is 1. The summed E-state index contributed by atoms with van der Waals surface area (Å²) in [5.74, 6) is -0.609. The van der Waals surface area contributed by atoms with Gasteiger partial charge in [-0.05, 0) is 37.3 Å². The van der Waals surface area contributed by atoms with Gasteiger partial charge in [-0.25, -0.2) is 4.79 Å². The minimum absolute atomic E-state index is 0.0567. The van der Waals surface area contributed by atoms with Crippen molar-refractivity contribution in [2.45, 2.75) is 26.3 Å². The lowest BCUT2D eigenvalue weighted by Crippen LogP contribution is -2.39. The summed E-state index contributed by atoms with van der Waals surface area (Å²) in [7, 11) is 0. The van der Waals surface area contributed by atoms with Gasteiger partial charge in [0.1, 0.15) is 11.2 Å². The third-order valence-electron chi connectivity index (χ3n) is 4.03. The molecule has 0 aliphatic carbocycles. The van der Waals surface area contributed by atoms with E-state index in [1.54, 1.807) is 17.9 Å². The number of likely N-dealkylation sites (tertiary alicyclic amines) is 1. The smallest absolute Gasteiger partial charge is 0.333 e. The van der Waals surface area contributed by atoms with E-state index in [-0.39, 0.29) is 24.6 Å². The van der Waals surface area contributed by atoms with Gasteiger partial charge in [0.15, 0.2) is 0 Å². The molecule has 0 saturated carbocycles. The van der Waals surface area contributed by atoms with Crippen molar-refractivity contribution in [3.63, 3.8) is 0 Å². The molecule has 1 aliphatic heterocycles. The maximum atomic E-state index is 12.8. The topological polar surface area (TPSA) is 68.6 Å². The molecular weight excluding hydrogens is 372 g/mol. The van der Waals surface area contributed by atoms with Crippen LogP contribution < -0.4 is 14.8 Å². The Morgan fingerprint density at radius 1 is 1.31 bits per heavy atom. The van der Waals surface area contributed by atoms with Crippen LogP contribution in [0.1, 0.15) is 24.6 Å². The quantitative estimate of drug-likeness (QED) is 0.705. The number of hydrogen-bond acceptors (Lipinski definition) is 6. The summed E-state index contributed by atoms with van der Waals surface area (Å²) in [6, 6.07) is 3.82. The van der Waals surface area contributed by atoms with Crippen LogP contribution in [0.2, 0.25) is 0 Å². The minimum atomic E-state index is -0.515. The van der Waals surface area contributed by atoms with Crippen molar-refractivity contribution in [1.82, 2.24) is 9.47 Å². The standard InChI is InChI=1S/C18H20N2O4S2/c1-2-24-17(22)11-16-20(12-15(21)19-7-3-4-8-19)18(23)14(26-16)10-13-6-5-9-25-13/h5-6,9-11H,2-4,7-8,12H2,1H3. The predicted octanol–water partition coefficient (Wildman–Crippen LogP) is 0.766. The molecular formula is C18H20N2O4S2. The van der Waals surface area contributed by atoms with Crippen molar-refractivity contribution < 1.29 is 14.3 Å². The number of esters is 1. The van der Waals surface area contributed by atoms with Crippen LogP contribution >= 0.6 is 22.7 Å². The summed E-state index contributed by atoms with van der Waals surface area (Å²) in [6.45, 7) is 3.37. The molecule has 2 aromatic heterocycles. The Morgan fingerprint density at radius 3 is 2.73 bits per heavy atom. The Morgan fingerprint density at radius 2 is 2.08 bits per heavy atom.